The Morgan fingerprint density at radius 3 is 3.13 bits per heavy atom. The first-order chi connectivity index (χ1) is 7.36. The van der Waals surface area contributed by atoms with E-state index in [4.69, 9.17) is 4.74 Å². The van der Waals surface area contributed by atoms with Gasteiger partial charge in [0.05, 0.1) is 0 Å². The number of carbonyl (C=O) groups is 1. The summed E-state index contributed by atoms with van der Waals surface area (Å²) in [5.41, 5.74) is 2.57. The number of esters is 1. The molecule has 0 aromatic rings. The third-order valence-electron chi connectivity index (χ3n) is 3.46. The van der Waals surface area contributed by atoms with Gasteiger partial charge in [-0.25, -0.2) is 0 Å². The molecule has 0 bridgehead atoms. The zero-order valence-electron chi connectivity index (χ0n) is 8.61. The lowest BCUT2D eigenvalue weighted by Gasteiger charge is -2.35. The number of hydrogen-bond donors (Lipinski definition) is 0. The molecule has 0 radical (unpaired) electrons. The number of hydrogen-bond acceptors (Lipinski definition) is 2. The molecule has 2 nitrogen and oxygen atoms in total. The molecule has 0 aromatic carbocycles. The second-order valence-corrected chi connectivity index (χ2v) is 4.37. The van der Waals surface area contributed by atoms with Gasteiger partial charge < -0.3 is 4.74 Å². The zero-order chi connectivity index (χ0) is 10.3. The highest BCUT2D eigenvalue weighted by Crippen LogP contribution is 2.38. The lowest BCUT2D eigenvalue weighted by Crippen LogP contribution is -2.35. The molecular weight excluding hydrogens is 188 g/mol. The monoisotopic (exact) mass is 202 g/mol. The van der Waals surface area contributed by atoms with Crippen LogP contribution in [-0.4, -0.2) is 12.1 Å². The van der Waals surface area contributed by atoms with Crippen LogP contribution in [0.25, 0.3) is 0 Å². The summed E-state index contributed by atoms with van der Waals surface area (Å²) in [5.74, 6) is -0.194. The van der Waals surface area contributed by atoms with E-state index in [-0.39, 0.29) is 18.0 Å². The smallest absolute Gasteiger partial charge is 0.317 e. The molecule has 0 saturated heterocycles. The normalized spacial score (nSPS) is 33.5. The van der Waals surface area contributed by atoms with Gasteiger partial charge in [-0.2, -0.15) is 0 Å². The molecule has 78 valence electrons. The van der Waals surface area contributed by atoms with E-state index in [1.54, 1.807) is 0 Å². The van der Waals surface area contributed by atoms with Crippen molar-refractivity contribution in [1.29, 1.82) is 0 Å². The molecule has 1 aliphatic heterocycles. The maximum atomic E-state index is 11.7. The van der Waals surface area contributed by atoms with E-state index in [9.17, 15) is 4.79 Å². The second-order valence-electron chi connectivity index (χ2n) is 4.37. The maximum absolute atomic E-state index is 11.7. The third kappa shape index (κ3) is 1.36. The molecule has 1 fully saturated rings. The van der Waals surface area contributed by atoms with Gasteiger partial charge in [0, 0.05) is 0 Å². The third-order valence-corrected chi connectivity index (χ3v) is 3.46. The van der Waals surface area contributed by atoms with Crippen molar-refractivity contribution in [2.24, 2.45) is 5.92 Å². The molecule has 1 saturated carbocycles. The fourth-order valence-corrected chi connectivity index (χ4v) is 2.71. The molecule has 0 amide bonds. The van der Waals surface area contributed by atoms with Crippen LogP contribution in [0.15, 0.2) is 35.5 Å². The van der Waals surface area contributed by atoms with Crippen molar-refractivity contribution in [1.82, 2.24) is 0 Å². The Hall–Kier alpha value is -1.31. The second kappa shape index (κ2) is 3.37. The lowest BCUT2D eigenvalue weighted by atomic mass is 9.80. The molecule has 2 aliphatic carbocycles. The number of rotatable bonds is 0. The summed E-state index contributed by atoms with van der Waals surface area (Å²) < 4.78 is 5.48. The average molecular weight is 202 g/mol. The fourth-order valence-electron chi connectivity index (χ4n) is 2.71. The van der Waals surface area contributed by atoms with E-state index < -0.39 is 0 Å². The topological polar surface area (TPSA) is 26.3 Å². The number of allylic oxidation sites excluding steroid dienone is 3. The van der Waals surface area contributed by atoms with Gasteiger partial charge in [-0.3, -0.25) is 4.79 Å². The van der Waals surface area contributed by atoms with Crippen molar-refractivity contribution in [3.8, 4) is 0 Å². The van der Waals surface area contributed by atoms with Gasteiger partial charge in [-0.1, -0.05) is 24.3 Å². The molecule has 0 N–H and O–H groups in total. The van der Waals surface area contributed by atoms with Crippen LogP contribution < -0.4 is 0 Å². The minimum atomic E-state index is -0.126. The van der Waals surface area contributed by atoms with Crippen molar-refractivity contribution in [2.45, 2.75) is 31.8 Å². The molecule has 2 heteroatoms. The van der Waals surface area contributed by atoms with E-state index in [1.165, 1.54) is 24.0 Å². The van der Waals surface area contributed by atoms with Crippen molar-refractivity contribution in [3.05, 3.63) is 35.5 Å². The van der Waals surface area contributed by atoms with Crippen molar-refractivity contribution in [2.75, 3.05) is 0 Å². The molecule has 3 aliphatic rings. The largest absolute Gasteiger partial charge is 0.457 e. The van der Waals surface area contributed by atoms with Crippen LogP contribution in [0.1, 0.15) is 25.7 Å². The minimum Gasteiger partial charge on any atom is -0.457 e. The fraction of sp³-hybridized carbons (Fsp3) is 0.462. The predicted octanol–water partition coefficient (Wildman–Crippen LogP) is 2.52. The molecule has 2 unspecified atom stereocenters. The summed E-state index contributed by atoms with van der Waals surface area (Å²) in [6.45, 7) is 0. The number of carbonyl (C=O) groups excluding carboxylic acids is 1. The van der Waals surface area contributed by atoms with E-state index >= 15 is 0 Å². The van der Waals surface area contributed by atoms with Crippen LogP contribution in [-0.2, 0) is 9.53 Å². The molecule has 0 aromatic heterocycles. The van der Waals surface area contributed by atoms with Crippen LogP contribution in [0, 0.1) is 5.92 Å². The summed E-state index contributed by atoms with van der Waals surface area (Å²) in [4.78, 5) is 11.7. The highest BCUT2D eigenvalue weighted by molar-refractivity contribution is 5.82. The van der Waals surface area contributed by atoms with Gasteiger partial charge in [-0.15, -0.1) is 0 Å². The Kier molecular flexibility index (Phi) is 2.01. The van der Waals surface area contributed by atoms with Gasteiger partial charge in [0.15, 0.2) is 0 Å². The number of fused-ring (bicyclic) bond motifs is 2. The Bertz CT molecular complexity index is 387. The first-order valence-corrected chi connectivity index (χ1v) is 5.64. The predicted molar refractivity (Wildman–Crippen MR) is 57.1 cm³/mol. The van der Waals surface area contributed by atoms with E-state index in [0.29, 0.717) is 0 Å². The van der Waals surface area contributed by atoms with E-state index in [2.05, 4.69) is 6.08 Å². The molecule has 15 heavy (non-hydrogen) atoms. The Morgan fingerprint density at radius 2 is 2.20 bits per heavy atom. The standard InChI is InChI=1S/C13H14O2/c14-13-11-7-2-1-5-9(11)10-6-3-4-8-12(10)15-13/h1-2,5,7,11-12H,3-4,6,8H2. The van der Waals surface area contributed by atoms with Crippen molar-refractivity contribution in [3.63, 3.8) is 0 Å². The molecular formula is C13H14O2. The Balaban J connectivity index is 2.06. The van der Waals surface area contributed by atoms with Gasteiger partial charge in [0.2, 0.25) is 0 Å². The van der Waals surface area contributed by atoms with Crippen molar-refractivity contribution >= 4 is 5.97 Å². The summed E-state index contributed by atoms with van der Waals surface area (Å²) in [7, 11) is 0. The summed E-state index contributed by atoms with van der Waals surface area (Å²) in [6.07, 6.45) is 12.6. The van der Waals surface area contributed by atoms with Crippen LogP contribution in [0.4, 0.5) is 0 Å². The first kappa shape index (κ1) is 8.96. The average Bonchev–Trinajstić information content (AvgIpc) is 2.30. The Labute approximate surface area is 89.3 Å². The van der Waals surface area contributed by atoms with E-state index in [0.717, 1.165) is 12.8 Å². The summed E-state index contributed by atoms with van der Waals surface area (Å²) in [6, 6.07) is 0. The van der Waals surface area contributed by atoms with Gasteiger partial charge in [-0.05, 0) is 36.8 Å². The highest BCUT2D eigenvalue weighted by Gasteiger charge is 2.36. The quantitative estimate of drug-likeness (QED) is 0.564. The van der Waals surface area contributed by atoms with Crippen LogP contribution in [0.3, 0.4) is 0 Å². The van der Waals surface area contributed by atoms with Crippen LogP contribution in [0.5, 0.6) is 0 Å². The molecule has 0 spiro atoms. The van der Waals surface area contributed by atoms with Gasteiger partial charge in [0.25, 0.3) is 0 Å². The summed E-state index contributed by atoms with van der Waals surface area (Å²) >= 11 is 0. The number of ether oxygens (including phenoxy) is 1. The lowest BCUT2D eigenvalue weighted by molar-refractivity contribution is -0.152. The molecule has 3 rings (SSSR count). The van der Waals surface area contributed by atoms with Gasteiger partial charge in [0.1, 0.15) is 12.0 Å². The van der Waals surface area contributed by atoms with E-state index in [1.807, 2.05) is 18.2 Å². The Morgan fingerprint density at radius 1 is 1.27 bits per heavy atom. The maximum Gasteiger partial charge on any atom is 0.317 e. The van der Waals surface area contributed by atoms with Crippen LogP contribution in [0.2, 0.25) is 0 Å². The first-order valence-electron chi connectivity index (χ1n) is 5.64. The van der Waals surface area contributed by atoms with Crippen LogP contribution >= 0.6 is 0 Å². The minimum absolute atomic E-state index is 0.0683. The molecule has 2 atom stereocenters. The highest BCUT2D eigenvalue weighted by atomic mass is 16.5. The van der Waals surface area contributed by atoms with Crippen molar-refractivity contribution < 1.29 is 9.53 Å². The molecule has 1 heterocycles. The SMILES string of the molecule is O=C1OC2CCCCC2=C2C=CC=CC12. The zero-order valence-corrected chi connectivity index (χ0v) is 8.61. The summed E-state index contributed by atoms with van der Waals surface area (Å²) in [5, 5.41) is 0. The van der Waals surface area contributed by atoms with Gasteiger partial charge >= 0.3 is 5.97 Å².